The maximum absolute atomic E-state index is 12.3. The number of carbonyl (C=O) groups is 1. The Hall–Kier alpha value is -2.26. The largest absolute Gasteiger partial charge is 0.485 e. The number of aliphatic hydroxyl groups excluding tert-OH is 1. The SMILES string of the molecule is CC1(C)Oc2ccc(C#N)cc2C(O)C1N(C(N)=O)C1CCCCC1. The topological polar surface area (TPSA) is 99.6 Å². The molecule has 0 saturated heterocycles. The molecular formula is C19H25N3O3. The van der Waals surface area contributed by atoms with Gasteiger partial charge >= 0.3 is 6.03 Å². The average molecular weight is 343 g/mol. The molecule has 2 aliphatic rings. The monoisotopic (exact) mass is 343 g/mol. The third-order valence-electron chi connectivity index (χ3n) is 5.36. The number of benzene rings is 1. The molecule has 0 spiro atoms. The van der Waals surface area contributed by atoms with Crippen molar-refractivity contribution in [2.24, 2.45) is 5.73 Å². The highest BCUT2D eigenvalue weighted by Gasteiger charge is 2.49. The first-order chi connectivity index (χ1) is 11.8. The summed E-state index contributed by atoms with van der Waals surface area (Å²) in [5.41, 5.74) is 5.91. The van der Waals surface area contributed by atoms with Crippen LogP contribution < -0.4 is 10.5 Å². The lowest BCUT2D eigenvalue weighted by atomic mass is 9.82. The van der Waals surface area contributed by atoms with Gasteiger partial charge in [0.1, 0.15) is 23.5 Å². The van der Waals surface area contributed by atoms with Crippen molar-refractivity contribution in [3.63, 3.8) is 0 Å². The van der Waals surface area contributed by atoms with Crippen molar-refractivity contribution in [1.29, 1.82) is 5.26 Å². The van der Waals surface area contributed by atoms with Crippen molar-refractivity contribution in [1.82, 2.24) is 4.90 Å². The fourth-order valence-corrected chi connectivity index (χ4v) is 4.23. The number of hydrogen-bond donors (Lipinski definition) is 2. The van der Waals surface area contributed by atoms with Crippen molar-refractivity contribution >= 4 is 6.03 Å². The summed E-state index contributed by atoms with van der Waals surface area (Å²) in [6, 6.07) is 5.94. The summed E-state index contributed by atoms with van der Waals surface area (Å²) >= 11 is 0. The van der Waals surface area contributed by atoms with Crippen LogP contribution in [0.3, 0.4) is 0 Å². The van der Waals surface area contributed by atoms with Crippen LogP contribution in [0.5, 0.6) is 5.75 Å². The van der Waals surface area contributed by atoms with E-state index >= 15 is 0 Å². The van der Waals surface area contributed by atoms with Crippen LogP contribution in [-0.2, 0) is 0 Å². The third-order valence-corrected chi connectivity index (χ3v) is 5.36. The van der Waals surface area contributed by atoms with E-state index < -0.39 is 23.8 Å². The van der Waals surface area contributed by atoms with Gasteiger partial charge < -0.3 is 20.5 Å². The van der Waals surface area contributed by atoms with Gasteiger partial charge in [0.2, 0.25) is 0 Å². The van der Waals surface area contributed by atoms with Gasteiger partial charge in [0.15, 0.2) is 0 Å². The molecule has 1 fully saturated rings. The Labute approximate surface area is 148 Å². The minimum absolute atomic E-state index is 0.00877. The second kappa shape index (κ2) is 6.57. The fraction of sp³-hybridized carbons (Fsp3) is 0.579. The molecule has 0 bridgehead atoms. The molecule has 3 N–H and O–H groups in total. The van der Waals surface area contributed by atoms with Gasteiger partial charge in [0.05, 0.1) is 11.6 Å². The van der Waals surface area contributed by atoms with Crippen LogP contribution in [0.25, 0.3) is 0 Å². The van der Waals surface area contributed by atoms with E-state index in [-0.39, 0.29) is 6.04 Å². The summed E-state index contributed by atoms with van der Waals surface area (Å²) in [5.74, 6) is 0.542. The molecule has 2 atom stereocenters. The number of hydrogen-bond acceptors (Lipinski definition) is 4. The van der Waals surface area contributed by atoms with E-state index in [1.54, 1.807) is 23.1 Å². The maximum atomic E-state index is 12.3. The molecule has 2 unspecified atom stereocenters. The molecule has 3 rings (SSSR count). The standard InChI is InChI=1S/C19H25N3O3/c1-19(2)17(22(18(21)24)13-6-4-3-5-7-13)16(23)14-10-12(11-20)8-9-15(14)25-19/h8-10,13,16-17,23H,3-7H2,1-2H3,(H2,21,24). The zero-order valence-corrected chi connectivity index (χ0v) is 14.7. The van der Waals surface area contributed by atoms with Crippen LogP contribution in [0.15, 0.2) is 18.2 Å². The molecule has 6 heteroatoms. The molecule has 1 aromatic rings. The van der Waals surface area contributed by atoms with Crippen molar-refractivity contribution in [2.45, 2.75) is 69.7 Å². The lowest BCUT2D eigenvalue weighted by Crippen LogP contribution is -2.63. The molecule has 2 amide bonds. The van der Waals surface area contributed by atoms with Crippen LogP contribution >= 0.6 is 0 Å². The highest BCUT2D eigenvalue weighted by Crippen LogP contribution is 2.44. The van der Waals surface area contributed by atoms with Crippen molar-refractivity contribution < 1.29 is 14.6 Å². The van der Waals surface area contributed by atoms with Crippen LogP contribution in [-0.4, -0.2) is 33.7 Å². The predicted molar refractivity (Wildman–Crippen MR) is 92.9 cm³/mol. The summed E-state index contributed by atoms with van der Waals surface area (Å²) < 4.78 is 6.10. The Morgan fingerprint density at radius 2 is 2.04 bits per heavy atom. The van der Waals surface area contributed by atoms with E-state index in [0.29, 0.717) is 16.9 Å². The first-order valence-electron chi connectivity index (χ1n) is 8.84. The maximum Gasteiger partial charge on any atom is 0.315 e. The molecule has 1 heterocycles. The van der Waals surface area contributed by atoms with Gasteiger partial charge in [-0.1, -0.05) is 19.3 Å². The van der Waals surface area contributed by atoms with Gasteiger partial charge in [-0.25, -0.2) is 4.79 Å². The molecule has 25 heavy (non-hydrogen) atoms. The zero-order valence-electron chi connectivity index (χ0n) is 14.7. The quantitative estimate of drug-likeness (QED) is 0.862. The molecule has 134 valence electrons. The zero-order chi connectivity index (χ0) is 18.2. The summed E-state index contributed by atoms with van der Waals surface area (Å²) in [4.78, 5) is 13.9. The van der Waals surface area contributed by atoms with Gasteiger partial charge in [-0.15, -0.1) is 0 Å². The van der Waals surface area contributed by atoms with Crippen LogP contribution in [0.1, 0.15) is 63.2 Å². The van der Waals surface area contributed by atoms with E-state index in [1.807, 2.05) is 13.8 Å². The molecule has 0 aromatic heterocycles. The lowest BCUT2D eigenvalue weighted by molar-refractivity contribution is -0.0810. The highest BCUT2D eigenvalue weighted by molar-refractivity contribution is 5.73. The van der Waals surface area contributed by atoms with Gasteiger partial charge in [0.25, 0.3) is 0 Å². The average Bonchev–Trinajstić information content (AvgIpc) is 2.58. The van der Waals surface area contributed by atoms with Gasteiger partial charge in [-0.3, -0.25) is 0 Å². The summed E-state index contributed by atoms with van der Waals surface area (Å²) in [6.45, 7) is 3.72. The molecule has 1 aromatic carbocycles. The summed E-state index contributed by atoms with van der Waals surface area (Å²) in [7, 11) is 0. The number of nitriles is 1. The number of urea groups is 1. The van der Waals surface area contributed by atoms with Gasteiger partial charge in [0, 0.05) is 11.6 Å². The van der Waals surface area contributed by atoms with E-state index in [2.05, 4.69) is 6.07 Å². The van der Waals surface area contributed by atoms with Crippen molar-refractivity contribution in [3.05, 3.63) is 29.3 Å². The second-order valence-corrected chi connectivity index (χ2v) is 7.50. The smallest absolute Gasteiger partial charge is 0.315 e. The number of rotatable bonds is 2. The number of nitrogens with zero attached hydrogens (tertiary/aromatic N) is 2. The fourth-order valence-electron chi connectivity index (χ4n) is 4.23. The Bertz CT molecular complexity index is 704. The summed E-state index contributed by atoms with van der Waals surface area (Å²) in [6.07, 6.45) is 4.06. The molecule has 1 aliphatic carbocycles. The van der Waals surface area contributed by atoms with E-state index in [4.69, 9.17) is 15.7 Å². The molecule has 0 radical (unpaired) electrons. The number of aliphatic hydroxyl groups is 1. The number of amides is 2. The first kappa shape index (κ1) is 17.6. The van der Waals surface area contributed by atoms with Gasteiger partial charge in [-0.2, -0.15) is 5.26 Å². The normalized spacial score (nSPS) is 25.4. The van der Waals surface area contributed by atoms with Crippen LogP contribution in [0.2, 0.25) is 0 Å². The van der Waals surface area contributed by atoms with Gasteiger partial charge in [-0.05, 0) is 44.9 Å². The van der Waals surface area contributed by atoms with E-state index in [9.17, 15) is 9.90 Å². The minimum atomic E-state index is -0.957. The molecule has 1 aliphatic heterocycles. The van der Waals surface area contributed by atoms with Crippen LogP contribution in [0, 0.1) is 11.3 Å². The second-order valence-electron chi connectivity index (χ2n) is 7.50. The Balaban J connectivity index is 2.03. The van der Waals surface area contributed by atoms with E-state index in [0.717, 1.165) is 32.1 Å². The number of carbonyl (C=O) groups excluding carboxylic acids is 1. The predicted octanol–water partition coefficient (Wildman–Crippen LogP) is 2.84. The van der Waals surface area contributed by atoms with E-state index in [1.165, 1.54) is 0 Å². The van der Waals surface area contributed by atoms with Crippen molar-refractivity contribution in [3.8, 4) is 11.8 Å². The third kappa shape index (κ3) is 3.16. The number of ether oxygens (including phenoxy) is 1. The number of fused-ring (bicyclic) bond motifs is 1. The highest BCUT2D eigenvalue weighted by atomic mass is 16.5. The minimum Gasteiger partial charge on any atom is -0.485 e. The summed E-state index contributed by atoms with van der Waals surface area (Å²) in [5, 5.41) is 20.2. The Morgan fingerprint density at radius 3 is 2.64 bits per heavy atom. The Kier molecular flexibility index (Phi) is 4.61. The molecule has 6 nitrogen and oxygen atoms in total. The van der Waals surface area contributed by atoms with Crippen LogP contribution in [0.4, 0.5) is 4.79 Å². The number of nitrogens with two attached hydrogens (primary N) is 1. The molecular weight excluding hydrogens is 318 g/mol. The number of primary amides is 1. The Morgan fingerprint density at radius 1 is 1.36 bits per heavy atom. The lowest BCUT2D eigenvalue weighted by Gasteiger charge is -2.50. The first-order valence-corrected chi connectivity index (χ1v) is 8.84. The molecule has 1 saturated carbocycles. The van der Waals surface area contributed by atoms with Crippen molar-refractivity contribution in [2.75, 3.05) is 0 Å².